The average molecular weight is 243 g/mol. The molecule has 0 radical (unpaired) electrons. The summed E-state index contributed by atoms with van der Waals surface area (Å²) < 4.78 is 5.17. The molecule has 0 aliphatic heterocycles. The van der Waals surface area contributed by atoms with Crippen molar-refractivity contribution in [2.75, 3.05) is 5.48 Å². The lowest BCUT2D eigenvalue weighted by Gasteiger charge is -2.05. The van der Waals surface area contributed by atoms with Crippen molar-refractivity contribution >= 4 is 11.7 Å². The van der Waals surface area contributed by atoms with Gasteiger partial charge in [-0.2, -0.15) is 0 Å². The lowest BCUT2D eigenvalue weighted by molar-refractivity contribution is 0.0472. The van der Waals surface area contributed by atoms with Gasteiger partial charge in [-0.15, -0.1) is 0 Å². The lowest BCUT2D eigenvalue weighted by Crippen LogP contribution is -2.05. The molecular formula is C14H13NO3. The van der Waals surface area contributed by atoms with E-state index in [2.05, 4.69) is 0 Å². The number of hydrogen-bond donors (Lipinski definition) is 2. The number of carbonyl (C=O) groups excluding carboxylic acids is 1. The standard InChI is InChI=1S/C14H13NO3/c16-14(12-6-8-13(15-17)9-7-12)18-10-11-4-2-1-3-5-11/h1-9,15,17H,10H2. The van der Waals surface area contributed by atoms with Crippen molar-refractivity contribution in [3.05, 3.63) is 65.7 Å². The summed E-state index contributed by atoms with van der Waals surface area (Å²) in [7, 11) is 0. The minimum atomic E-state index is -0.386. The van der Waals surface area contributed by atoms with Crippen LogP contribution in [0.4, 0.5) is 5.69 Å². The van der Waals surface area contributed by atoms with Crippen molar-refractivity contribution in [1.29, 1.82) is 0 Å². The van der Waals surface area contributed by atoms with Crippen molar-refractivity contribution in [3.63, 3.8) is 0 Å². The molecule has 0 atom stereocenters. The fraction of sp³-hybridized carbons (Fsp3) is 0.0714. The Kier molecular flexibility index (Phi) is 3.94. The summed E-state index contributed by atoms with van der Waals surface area (Å²) in [4.78, 5) is 11.7. The number of benzene rings is 2. The van der Waals surface area contributed by atoms with Crippen LogP contribution in [0, 0.1) is 0 Å². The van der Waals surface area contributed by atoms with Gasteiger partial charge in [0.1, 0.15) is 6.61 Å². The van der Waals surface area contributed by atoms with Gasteiger partial charge >= 0.3 is 5.97 Å². The van der Waals surface area contributed by atoms with Crippen molar-refractivity contribution in [1.82, 2.24) is 0 Å². The third-order valence-electron chi connectivity index (χ3n) is 2.46. The number of esters is 1. The summed E-state index contributed by atoms with van der Waals surface area (Å²) in [5.74, 6) is -0.386. The molecule has 2 aromatic rings. The van der Waals surface area contributed by atoms with Gasteiger partial charge in [-0.3, -0.25) is 10.7 Å². The van der Waals surface area contributed by atoms with Gasteiger partial charge < -0.3 is 4.74 Å². The van der Waals surface area contributed by atoms with Gasteiger partial charge in [-0.25, -0.2) is 4.79 Å². The molecule has 2 rings (SSSR count). The van der Waals surface area contributed by atoms with Crippen LogP contribution in [0.2, 0.25) is 0 Å². The molecule has 0 amide bonds. The highest BCUT2D eigenvalue weighted by Crippen LogP contribution is 2.10. The number of carbonyl (C=O) groups is 1. The summed E-state index contributed by atoms with van der Waals surface area (Å²) in [6.07, 6.45) is 0. The SMILES string of the molecule is O=C(OCc1ccccc1)c1ccc(NO)cc1. The molecule has 0 aliphatic rings. The normalized spacial score (nSPS) is 9.83. The van der Waals surface area contributed by atoms with Crippen LogP contribution in [0.5, 0.6) is 0 Å². The Labute approximate surface area is 105 Å². The highest BCUT2D eigenvalue weighted by Gasteiger charge is 2.06. The number of rotatable bonds is 4. The van der Waals surface area contributed by atoms with Gasteiger partial charge in [-0.1, -0.05) is 30.3 Å². The molecule has 2 aromatic carbocycles. The molecule has 0 fully saturated rings. The first-order valence-electron chi connectivity index (χ1n) is 5.51. The highest BCUT2D eigenvalue weighted by molar-refractivity contribution is 5.89. The predicted octanol–water partition coefficient (Wildman–Crippen LogP) is 2.84. The third kappa shape index (κ3) is 3.09. The first-order valence-corrected chi connectivity index (χ1v) is 5.51. The van der Waals surface area contributed by atoms with Crippen LogP contribution in [0.3, 0.4) is 0 Å². The summed E-state index contributed by atoms with van der Waals surface area (Å²) in [6.45, 7) is 0.250. The first-order chi connectivity index (χ1) is 8.79. The quantitative estimate of drug-likeness (QED) is 0.640. The molecule has 0 bridgehead atoms. The maximum absolute atomic E-state index is 11.7. The molecule has 4 heteroatoms. The minimum Gasteiger partial charge on any atom is -0.457 e. The summed E-state index contributed by atoms with van der Waals surface area (Å²) >= 11 is 0. The molecule has 0 aromatic heterocycles. The third-order valence-corrected chi connectivity index (χ3v) is 2.46. The van der Waals surface area contributed by atoms with Crippen molar-refractivity contribution in [2.45, 2.75) is 6.61 Å². The second-order valence-corrected chi connectivity index (χ2v) is 3.75. The monoisotopic (exact) mass is 243 g/mol. The van der Waals surface area contributed by atoms with Gasteiger partial charge in [0.15, 0.2) is 0 Å². The van der Waals surface area contributed by atoms with Crippen LogP contribution >= 0.6 is 0 Å². The Morgan fingerprint density at radius 2 is 1.72 bits per heavy atom. The molecule has 0 spiro atoms. The zero-order valence-electron chi connectivity index (χ0n) is 9.67. The van der Waals surface area contributed by atoms with Crippen molar-refractivity contribution in [2.24, 2.45) is 0 Å². The zero-order chi connectivity index (χ0) is 12.8. The van der Waals surface area contributed by atoms with E-state index in [4.69, 9.17) is 9.94 Å². The molecule has 92 valence electrons. The fourth-order valence-corrected chi connectivity index (χ4v) is 1.49. The van der Waals surface area contributed by atoms with Crippen molar-refractivity contribution < 1.29 is 14.7 Å². The lowest BCUT2D eigenvalue weighted by atomic mass is 10.2. The van der Waals surface area contributed by atoms with E-state index in [0.29, 0.717) is 11.3 Å². The van der Waals surface area contributed by atoms with Gasteiger partial charge in [0.05, 0.1) is 11.3 Å². The number of ether oxygens (including phenoxy) is 1. The number of hydrogen-bond acceptors (Lipinski definition) is 4. The maximum atomic E-state index is 11.7. The zero-order valence-corrected chi connectivity index (χ0v) is 9.67. The predicted molar refractivity (Wildman–Crippen MR) is 67.4 cm³/mol. The number of nitrogens with one attached hydrogen (secondary N) is 1. The van der Waals surface area contributed by atoms with E-state index >= 15 is 0 Å². The second-order valence-electron chi connectivity index (χ2n) is 3.75. The van der Waals surface area contributed by atoms with E-state index in [-0.39, 0.29) is 12.6 Å². The van der Waals surface area contributed by atoms with Gasteiger partial charge in [0.2, 0.25) is 0 Å². The van der Waals surface area contributed by atoms with E-state index in [9.17, 15) is 4.79 Å². The molecule has 0 saturated heterocycles. The van der Waals surface area contributed by atoms with Crippen LogP contribution in [0.1, 0.15) is 15.9 Å². The average Bonchev–Trinajstić information content (AvgIpc) is 2.46. The van der Waals surface area contributed by atoms with E-state index < -0.39 is 0 Å². The van der Waals surface area contributed by atoms with Crippen LogP contribution in [-0.2, 0) is 11.3 Å². The van der Waals surface area contributed by atoms with Gasteiger partial charge in [-0.05, 0) is 29.8 Å². The van der Waals surface area contributed by atoms with Gasteiger partial charge in [0.25, 0.3) is 0 Å². The number of anilines is 1. The highest BCUT2D eigenvalue weighted by atomic mass is 16.5. The Morgan fingerprint density at radius 3 is 2.33 bits per heavy atom. The van der Waals surface area contributed by atoms with Crippen LogP contribution in [-0.4, -0.2) is 11.2 Å². The Morgan fingerprint density at radius 1 is 1.06 bits per heavy atom. The molecule has 2 N–H and O–H groups in total. The topological polar surface area (TPSA) is 58.6 Å². The van der Waals surface area contributed by atoms with Crippen LogP contribution < -0.4 is 5.48 Å². The molecule has 0 unspecified atom stereocenters. The molecule has 0 aliphatic carbocycles. The molecular weight excluding hydrogens is 230 g/mol. The van der Waals surface area contributed by atoms with Gasteiger partial charge in [0, 0.05) is 0 Å². The smallest absolute Gasteiger partial charge is 0.338 e. The van der Waals surface area contributed by atoms with Crippen LogP contribution in [0.15, 0.2) is 54.6 Å². The second kappa shape index (κ2) is 5.84. The van der Waals surface area contributed by atoms with Crippen LogP contribution in [0.25, 0.3) is 0 Å². The fourth-order valence-electron chi connectivity index (χ4n) is 1.49. The van der Waals surface area contributed by atoms with E-state index in [1.807, 2.05) is 35.8 Å². The van der Waals surface area contributed by atoms with E-state index in [0.717, 1.165) is 5.56 Å². The maximum Gasteiger partial charge on any atom is 0.338 e. The first kappa shape index (κ1) is 12.1. The molecule has 18 heavy (non-hydrogen) atoms. The summed E-state index contributed by atoms with van der Waals surface area (Å²) in [5, 5.41) is 8.65. The van der Waals surface area contributed by atoms with E-state index in [1.54, 1.807) is 24.3 Å². The summed E-state index contributed by atoms with van der Waals surface area (Å²) in [5.41, 5.74) is 3.91. The Bertz CT molecular complexity index is 508. The van der Waals surface area contributed by atoms with Crippen molar-refractivity contribution in [3.8, 4) is 0 Å². The Balaban J connectivity index is 1.95. The molecule has 0 saturated carbocycles. The summed E-state index contributed by atoms with van der Waals surface area (Å²) in [6, 6.07) is 15.9. The van der Waals surface area contributed by atoms with E-state index in [1.165, 1.54) is 0 Å². The molecule has 4 nitrogen and oxygen atoms in total. The largest absolute Gasteiger partial charge is 0.457 e. The minimum absolute atomic E-state index is 0.250. The Hall–Kier alpha value is -2.33. The molecule has 0 heterocycles.